The van der Waals surface area contributed by atoms with E-state index in [4.69, 9.17) is 9.47 Å². The normalized spacial score (nSPS) is 15.6. The van der Waals surface area contributed by atoms with Gasteiger partial charge in [0, 0.05) is 31.7 Å². The average molecular weight is 250 g/mol. The van der Waals surface area contributed by atoms with Gasteiger partial charge in [0.1, 0.15) is 11.5 Å². The maximum Gasteiger partial charge on any atom is 0.123 e. The highest BCUT2D eigenvalue weighted by Crippen LogP contribution is 2.25. The molecule has 0 aliphatic carbocycles. The largest absolute Gasteiger partial charge is 0.497 e. The number of nitrogens with zero attached hydrogens (tertiary/aromatic N) is 1. The Hall–Kier alpha value is -1.26. The van der Waals surface area contributed by atoms with Crippen LogP contribution in [0.1, 0.15) is 5.56 Å². The second-order valence-electron chi connectivity index (χ2n) is 4.90. The summed E-state index contributed by atoms with van der Waals surface area (Å²) >= 11 is 0. The van der Waals surface area contributed by atoms with Crippen LogP contribution in [0, 0.1) is 5.92 Å². The second kappa shape index (κ2) is 6.07. The maximum absolute atomic E-state index is 5.40. The molecule has 1 aromatic carbocycles. The van der Waals surface area contributed by atoms with Gasteiger partial charge in [-0.15, -0.1) is 0 Å². The van der Waals surface area contributed by atoms with Gasteiger partial charge in [-0.05, 0) is 31.2 Å². The van der Waals surface area contributed by atoms with E-state index < -0.39 is 0 Å². The topological polar surface area (TPSA) is 33.7 Å². The van der Waals surface area contributed by atoms with Crippen LogP contribution in [0.5, 0.6) is 11.5 Å². The van der Waals surface area contributed by atoms with E-state index in [1.807, 2.05) is 18.2 Å². The lowest BCUT2D eigenvalue weighted by atomic mass is 10.0. The first-order valence-electron chi connectivity index (χ1n) is 6.33. The van der Waals surface area contributed by atoms with Crippen LogP contribution in [-0.4, -0.2) is 45.8 Å². The van der Waals surface area contributed by atoms with Crippen LogP contribution in [0.3, 0.4) is 0 Å². The summed E-state index contributed by atoms with van der Waals surface area (Å²) in [6, 6.07) is 5.94. The summed E-state index contributed by atoms with van der Waals surface area (Å²) in [5.74, 6) is 2.59. The van der Waals surface area contributed by atoms with Gasteiger partial charge in [-0.25, -0.2) is 0 Å². The molecule has 1 aliphatic heterocycles. The van der Waals surface area contributed by atoms with Crippen molar-refractivity contribution in [3.8, 4) is 11.5 Å². The third kappa shape index (κ3) is 3.15. The van der Waals surface area contributed by atoms with E-state index in [-0.39, 0.29) is 0 Å². The Balaban J connectivity index is 2.00. The van der Waals surface area contributed by atoms with Crippen LogP contribution >= 0.6 is 0 Å². The van der Waals surface area contributed by atoms with E-state index in [1.54, 1.807) is 14.2 Å². The standard InChI is InChI=1S/C14H22N2O2/c1-16(9-11-7-15-8-11)10-12-6-13(17-2)4-5-14(12)18-3/h4-6,11,15H,7-10H2,1-3H3. The fraction of sp³-hybridized carbons (Fsp3) is 0.571. The molecule has 0 bridgehead atoms. The Morgan fingerprint density at radius 2 is 2.06 bits per heavy atom. The molecule has 1 saturated heterocycles. The minimum atomic E-state index is 0.784. The van der Waals surface area contributed by atoms with Gasteiger partial charge >= 0.3 is 0 Å². The van der Waals surface area contributed by atoms with Crippen molar-refractivity contribution in [2.75, 3.05) is 40.9 Å². The quantitative estimate of drug-likeness (QED) is 0.826. The third-order valence-electron chi connectivity index (χ3n) is 3.36. The van der Waals surface area contributed by atoms with Crippen molar-refractivity contribution in [1.82, 2.24) is 10.2 Å². The molecule has 2 rings (SSSR count). The first kappa shape index (κ1) is 13.2. The predicted octanol–water partition coefficient (Wildman–Crippen LogP) is 1.35. The van der Waals surface area contributed by atoms with Gasteiger partial charge in [0.25, 0.3) is 0 Å². The number of methoxy groups -OCH3 is 2. The smallest absolute Gasteiger partial charge is 0.123 e. The van der Waals surface area contributed by atoms with Crippen molar-refractivity contribution in [2.24, 2.45) is 5.92 Å². The fourth-order valence-electron chi connectivity index (χ4n) is 2.28. The molecule has 0 radical (unpaired) electrons. The van der Waals surface area contributed by atoms with E-state index in [1.165, 1.54) is 5.56 Å². The van der Waals surface area contributed by atoms with Gasteiger partial charge in [-0.1, -0.05) is 0 Å². The Kier molecular flexibility index (Phi) is 4.44. The number of ether oxygens (including phenoxy) is 2. The first-order valence-corrected chi connectivity index (χ1v) is 6.33. The zero-order chi connectivity index (χ0) is 13.0. The van der Waals surface area contributed by atoms with E-state index in [0.717, 1.165) is 43.6 Å². The first-order chi connectivity index (χ1) is 8.72. The van der Waals surface area contributed by atoms with Crippen molar-refractivity contribution < 1.29 is 9.47 Å². The molecule has 0 amide bonds. The molecule has 100 valence electrons. The zero-order valence-electron chi connectivity index (χ0n) is 11.4. The van der Waals surface area contributed by atoms with Crippen molar-refractivity contribution >= 4 is 0 Å². The third-order valence-corrected chi connectivity index (χ3v) is 3.36. The summed E-state index contributed by atoms with van der Waals surface area (Å²) in [5, 5.41) is 3.30. The van der Waals surface area contributed by atoms with Gasteiger partial charge in [0.2, 0.25) is 0 Å². The average Bonchev–Trinajstić information content (AvgIpc) is 2.34. The summed E-state index contributed by atoms with van der Waals surface area (Å²) in [5.41, 5.74) is 1.17. The van der Waals surface area contributed by atoms with E-state index in [0.29, 0.717) is 0 Å². The zero-order valence-corrected chi connectivity index (χ0v) is 11.4. The molecular weight excluding hydrogens is 228 g/mol. The molecule has 1 aromatic rings. The number of benzene rings is 1. The number of hydrogen-bond acceptors (Lipinski definition) is 4. The molecule has 1 N–H and O–H groups in total. The van der Waals surface area contributed by atoms with Crippen LogP contribution in [-0.2, 0) is 6.54 Å². The molecule has 4 heteroatoms. The lowest BCUT2D eigenvalue weighted by Gasteiger charge is -2.31. The van der Waals surface area contributed by atoms with E-state index >= 15 is 0 Å². The monoisotopic (exact) mass is 250 g/mol. The van der Waals surface area contributed by atoms with Gasteiger partial charge in [-0.2, -0.15) is 0 Å². The lowest BCUT2D eigenvalue weighted by molar-refractivity contribution is 0.216. The summed E-state index contributed by atoms with van der Waals surface area (Å²) in [6.45, 7) is 4.28. The van der Waals surface area contributed by atoms with Gasteiger partial charge in [0.15, 0.2) is 0 Å². The maximum atomic E-state index is 5.40. The fourth-order valence-corrected chi connectivity index (χ4v) is 2.28. The van der Waals surface area contributed by atoms with Crippen LogP contribution in [0.4, 0.5) is 0 Å². The van der Waals surface area contributed by atoms with E-state index in [9.17, 15) is 0 Å². The van der Waals surface area contributed by atoms with Crippen LogP contribution in [0.15, 0.2) is 18.2 Å². The second-order valence-corrected chi connectivity index (χ2v) is 4.90. The van der Waals surface area contributed by atoms with Crippen molar-refractivity contribution in [3.63, 3.8) is 0 Å². The van der Waals surface area contributed by atoms with E-state index in [2.05, 4.69) is 17.3 Å². The SMILES string of the molecule is COc1ccc(OC)c(CN(C)CC2CNC2)c1. The lowest BCUT2D eigenvalue weighted by Crippen LogP contribution is -2.47. The number of rotatable bonds is 6. The highest BCUT2D eigenvalue weighted by molar-refractivity contribution is 5.40. The Bertz CT molecular complexity index is 391. The molecule has 1 fully saturated rings. The summed E-state index contributed by atoms with van der Waals surface area (Å²) in [6.07, 6.45) is 0. The van der Waals surface area contributed by atoms with Crippen LogP contribution in [0.25, 0.3) is 0 Å². The molecule has 1 heterocycles. The summed E-state index contributed by atoms with van der Waals surface area (Å²) < 4.78 is 10.7. The van der Waals surface area contributed by atoms with Crippen LogP contribution in [0.2, 0.25) is 0 Å². The highest BCUT2D eigenvalue weighted by Gasteiger charge is 2.19. The molecule has 0 unspecified atom stereocenters. The Morgan fingerprint density at radius 1 is 1.28 bits per heavy atom. The minimum Gasteiger partial charge on any atom is -0.497 e. The molecule has 18 heavy (non-hydrogen) atoms. The molecule has 4 nitrogen and oxygen atoms in total. The minimum absolute atomic E-state index is 0.784. The predicted molar refractivity (Wildman–Crippen MR) is 72.2 cm³/mol. The van der Waals surface area contributed by atoms with Crippen LogP contribution < -0.4 is 14.8 Å². The number of nitrogens with one attached hydrogen (secondary N) is 1. The van der Waals surface area contributed by atoms with Gasteiger partial charge < -0.3 is 19.7 Å². The molecule has 0 saturated carbocycles. The van der Waals surface area contributed by atoms with Gasteiger partial charge in [0.05, 0.1) is 14.2 Å². The summed E-state index contributed by atoms with van der Waals surface area (Å²) in [7, 11) is 5.55. The highest BCUT2D eigenvalue weighted by atomic mass is 16.5. The molecular formula is C14H22N2O2. The Morgan fingerprint density at radius 3 is 2.61 bits per heavy atom. The van der Waals surface area contributed by atoms with Crippen molar-refractivity contribution in [2.45, 2.75) is 6.54 Å². The van der Waals surface area contributed by atoms with Crippen molar-refractivity contribution in [3.05, 3.63) is 23.8 Å². The number of hydrogen-bond donors (Lipinski definition) is 1. The van der Waals surface area contributed by atoms with Crippen molar-refractivity contribution in [1.29, 1.82) is 0 Å². The molecule has 1 aliphatic rings. The molecule has 0 aromatic heterocycles. The Labute approximate surface area is 109 Å². The molecule has 0 atom stereocenters. The summed E-state index contributed by atoms with van der Waals surface area (Å²) in [4.78, 5) is 2.34. The molecule has 0 spiro atoms. The van der Waals surface area contributed by atoms with Gasteiger partial charge in [-0.3, -0.25) is 0 Å².